The highest BCUT2D eigenvalue weighted by Gasteiger charge is 2.05. The summed E-state index contributed by atoms with van der Waals surface area (Å²) in [5, 5.41) is 0.710. The van der Waals surface area contributed by atoms with E-state index in [0.717, 1.165) is 31.6 Å². The van der Waals surface area contributed by atoms with Gasteiger partial charge < -0.3 is 10.6 Å². The van der Waals surface area contributed by atoms with E-state index in [1.54, 1.807) is 0 Å². The second kappa shape index (κ2) is 7.17. The highest BCUT2D eigenvalue weighted by Crippen LogP contribution is 2.16. The molecule has 4 heteroatoms. The molecule has 0 saturated carbocycles. The maximum Gasteiger partial charge on any atom is 0.196 e. The van der Waals surface area contributed by atoms with E-state index in [2.05, 4.69) is 23.7 Å². The molecule has 0 aromatic heterocycles. The van der Waals surface area contributed by atoms with Gasteiger partial charge in [-0.15, -0.1) is 0 Å². The number of rotatable bonds is 5. The highest BCUT2D eigenvalue weighted by atomic mass is 35.5. The molecule has 0 spiro atoms. The van der Waals surface area contributed by atoms with Gasteiger partial charge in [-0.05, 0) is 37.1 Å². The van der Waals surface area contributed by atoms with Gasteiger partial charge in [-0.25, -0.2) is 4.99 Å². The van der Waals surface area contributed by atoms with Gasteiger partial charge in [-0.3, -0.25) is 0 Å². The minimum atomic E-state index is 0.580. The fourth-order valence-electron chi connectivity index (χ4n) is 1.60. The van der Waals surface area contributed by atoms with Crippen molar-refractivity contribution in [2.24, 2.45) is 10.7 Å². The largest absolute Gasteiger partial charge is 0.369 e. The fourth-order valence-corrected chi connectivity index (χ4v) is 1.73. The summed E-state index contributed by atoms with van der Waals surface area (Å²) in [6.07, 6.45) is 2.13. The van der Waals surface area contributed by atoms with Crippen molar-refractivity contribution in [3.8, 4) is 0 Å². The summed E-state index contributed by atoms with van der Waals surface area (Å²) >= 11 is 5.82. The average molecular weight is 254 g/mol. The van der Waals surface area contributed by atoms with Crippen molar-refractivity contribution in [3.63, 3.8) is 0 Å². The van der Waals surface area contributed by atoms with E-state index in [1.807, 2.05) is 24.3 Å². The molecule has 0 heterocycles. The third-order valence-corrected chi connectivity index (χ3v) is 2.63. The van der Waals surface area contributed by atoms with E-state index in [0.29, 0.717) is 11.0 Å². The number of halogens is 1. The van der Waals surface area contributed by atoms with E-state index in [9.17, 15) is 0 Å². The van der Waals surface area contributed by atoms with Crippen molar-refractivity contribution in [1.82, 2.24) is 4.90 Å². The quantitative estimate of drug-likeness (QED) is 0.645. The summed E-state index contributed by atoms with van der Waals surface area (Å²) in [4.78, 5) is 6.51. The van der Waals surface area contributed by atoms with Crippen molar-refractivity contribution in [1.29, 1.82) is 0 Å². The Labute approximate surface area is 108 Å². The molecule has 0 unspecified atom stereocenters. The molecular formula is C13H20ClN3. The minimum absolute atomic E-state index is 0.580. The van der Waals surface area contributed by atoms with Crippen molar-refractivity contribution in [3.05, 3.63) is 29.3 Å². The zero-order valence-electron chi connectivity index (χ0n) is 10.5. The van der Waals surface area contributed by atoms with Crippen LogP contribution in [-0.4, -0.2) is 23.9 Å². The number of guanidine groups is 1. The fraction of sp³-hybridized carbons (Fsp3) is 0.462. The number of hydrogen-bond acceptors (Lipinski definition) is 1. The van der Waals surface area contributed by atoms with Gasteiger partial charge in [0.2, 0.25) is 0 Å². The first-order valence-corrected chi connectivity index (χ1v) is 6.39. The molecule has 0 atom stereocenters. The number of nitrogens with zero attached hydrogens (tertiary/aromatic N) is 2. The summed E-state index contributed by atoms with van der Waals surface area (Å²) in [5.41, 5.74) is 6.84. The van der Waals surface area contributed by atoms with E-state index < -0.39 is 0 Å². The molecule has 0 bridgehead atoms. The first-order chi connectivity index (χ1) is 8.17. The Hall–Kier alpha value is -1.22. The van der Waals surface area contributed by atoms with Crippen LogP contribution in [0.5, 0.6) is 0 Å². The Morgan fingerprint density at radius 3 is 2.18 bits per heavy atom. The van der Waals surface area contributed by atoms with Gasteiger partial charge in [0.25, 0.3) is 0 Å². The topological polar surface area (TPSA) is 41.6 Å². The van der Waals surface area contributed by atoms with Crippen molar-refractivity contribution >= 4 is 23.2 Å². The number of benzene rings is 1. The van der Waals surface area contributed by atoms with Crippen LogP contribution in [-0.2, 0) is 0 Å². The third kappa shape index (κ3) is 4.65. The summed E-state index contributed by atoms with van der Waals surface area (Å²) in [6.45, 7) is 6.16. The Morgan fingerprint density at radius 2 is 1.71 bits per heavy atom. The lowest BCUT2D eigenvalue weighted by Gasteiger charge is -2.22. The second-order valence-corrected chi connectivity index (χ2v) is 4.37. The Bertz CT molecular complexity index is 353. The number of nitrogens with two attached hydrogens (primary N) is 1. The molecule has 2 N–H and O–H groups in total. The van der Waals surface area contributed by atoms with Crippen LogP contribution >= 0.6 is 11.6 Å². The smallest absolute Gasteiger partial charge is 0.196 e. The molecule has 1 aromatic carbocycles. The Balaban J connectivity index is 2.77. The van der Waals surface area contributed by atoms with E-state index in [-0.39, 0.29) is 0 Å². The molecule has 0 amide bonds. The summed E-state index contributed by atoms with van der Waals surface area (Å²) in [5.74, 6) is 0.580. The summed E-state index contributed by atoms with van der Waals surface area (Å²) in [6, 6.07) is 7.37. The van der Waals surface area contributed by atoms with Gasteiger partial charge in [0.1, 0.15) is 0 Å². The van der Waals surface area contributed by atoms with Crippen LogP contribution in [0.25, 0.3) is 0 Å². The van der Waals surface area contributed by atoms with Crippen molar-refractivity contribution in [2.75, 3.05) is 13.1 Å². The molecule has 94 valence electrons. The molecule has 0 aliphatic heterocycles. The molecule has 0 aliphatic rings. The van der Waals surface area contributed by atoms with Crippen molar-refractivity contribution in [2.45, 2.75) is 26.7 Å². The van der Waals surface area contributed by atoms with Gasteiger partial charge in [-0.1, -0.05) is 25.4 Å². The average Bonchev–Trinajstić information content (AvgIpc) is 2.32. The van der Waals surface area contributed by atoms with Crippen LogP contribution in [0.4, 0.5) is 5.69 Å². The van der Waals surface area contributed by atoms with Gasteiger partial charge in [-0.2, -0.15) is 0 Å². The van der Waals surface area contributed by atoms with Crippen LogP contribution < -0.4 is 5.73 Å². The molecule has 0 radical (unpaired) electrons. The van der Waals surface area contributed by atoms with Gasteiger partial charge >= 0.3 is 0 Å². The maximum absolute atomic E-state index is 6.00. The van der Waals surface area contributed by atoms with Gasteiger partial charge in [0.05, 0.1) is 5.69 Å². The number of hydrogen-bond donors (Lipinski definition) is 1. The first kappa shape index (κ1) is 13.8. The number of aliphatic imine (C=N–C) groups is 1. The van der Waals surface area contributed by atoms with E-state index in [4.69, 9.17) is 17.3 Å². The highest BCUT2D eigenvalue weighted by molar-refractivity contribution is 6.30. The third-order valence-electron chi connectivity index (χ3n) is 2.38. The minimum Gasteiger partial charge on any atom is -0.369 e. The monoisotopic (exact) mass is 253 g/mol. The normalized spacial score (nSPS) is 11.6. The maximum atomic E-state index is 6.00. The predicted octanol–water partition coefficient (Wildman–Crippen LogP) is 3.41. The SMILES string of the molecule is CCCN(CCC)C(N)=Nc1ccc(Cl)cc1. The predicted molar refractivity (Wildman–Crippen MR) is 74.9 cm³/mol. The molecule has 1 rings (SSSR count). The lowest BCUT2D eigenvalue weighted by atomic mass is 10.3. The molecule has 0 saturated heterocycles. The Kier molecular flexibility index (Phi) is 5.84. The van der Waals surface area contributed by atoms with Crippen LogP contribution in [0.1, 0.15) is 26.7 Å². The van der Waals surface area contributed by atoms with Crippen molar-refractivity contribution < 1.29 is 0 Å². The Morgan fingerprint density at radius 1 is 1.18 bits per heavy atom. The molecule has 3 nitrogen and oxygen atoms in total. The van der Waals surface area contributed by atoms with Crippen LogP contribution in [0, 0.1) is 0 Å². The zero-order chi connectivity index (χ0) is 12.7. The van der Waals surface area contributed by atoms with Crippen LogP contribution in [0.15, 0.2) is 29.3 Å². The van der Waals surface area contributed by atoms with Gasteiger partial charge in [0, 0.05) is 18.1 Å². The molecule has 1 aromatic rings. The first-order valence-electron chi connectivity index (χ1n) is 6.02. The molecule has 17 heavy (non-hydrogen) atoms. The lowest BCUT2D eigenvalue weighted by Crippen LogP contribution is -2.38. The van der Waals surface area contributed by atoms with E-state index in [1.165, 1.54) is 0 Å². The van der Waals surface area contributed by atoms with Crippen LogP contribution in [0.3, 0.4) is 0 Å². The van der Waals surface area contributed by atoms with Crippen LogP contribution in [0.2, 0.25) is 5.02 Å². The molecular weight excluding hydrogens is 234 g/mol. The zero-order valence-corrected chi connectivity index (χ0v) is 11.2. The summed E-state index contributed by atoms with van der Waals surface area (Å²) < 4.78 is 0. The summed E-state index contributed by atoms with van der Waals surface area (Å²) in [7, 11) is 0. The second-order valence-electron chi connectivity index (χ2n) is 3.93. The van der Waals surface area contributed by atoms with Gasteiger partial charge in [0.15, 0.2) is 5.96 Å². The molecule has 0 aliphatic carbocycles. The molecule has 0 fully saturated rings. The standard InChI is InChI=1S/C13H20ClN3/c1-3-9-17(10-4-2)13(15)16-12-7-5-11(14)6-8-12/h5-8H,3-4,9-10H2,1-2H3,(H2,15,16). The lowest BCUT2D eigenvalue weighted by molar-refractivity contribution is 0.412. The van der Waals surface area contributed by atoms with E-state index >= 15 is 0 Å².